The molecule has 2 saturated heterocycles. The van der Waals surface area contributed by atoms with Gasteiger partial charge in [0.1, 0.15) is 66.4 Å². The molecular weight excluding hydrogens is 564 g/mol. The Labute approximate surface area is 238 Å². The molecule has 0 aliphatic carbocycles. The maximum absolute atomic E-state index is 12.9. The number of carbonyl (C=O) groups excluding carboxylic acids is 1. The third kappa shape index (κ3) is 5.76. The van der Waals surface area contributed by atoms with E-state index in [0.29, 0.717) is 5.56 Å². The van der Waals surface area contributed by atoms with E-state index >= 15 is 0 Å². The Morgan fingerprint density at radius 1 is 0.738 bits per heavy atom. The first-order chi connectivity index (χ1) is 20.0. The number of hydrogen-bond donors (Lipinski definition) is 9. The van der Waals surface area contributed by atoms with Gasteiger partial charge in [0.05, 0.1) is 25.2 Å². The summed E-state index contributed by atoms with van der Waals surface area (Å²) < 4.78 is 27.9. The van der Waals surface area contributed by atoms with Crippen LogP contribution in [-0.4, -0.2) is 126 Å². The molecule has 0 amide bonds. The Kier molecular flexibility index (Phi) is 8.86. The van der Waals surface area contributed by atoms with Crippen LogP contribution in [0.25, 0.3) is 0 Å². The molecule has 0 spiro atoms. The van der Waals surface area contributed by atoms with Gasteiger partial charge in [-0.2, -0.15) is 0 Å². The molecule has 0 radical (unpaired) electrons. The molecule has 0 bridgehead atoms. The molecule has 230 valence electrons. The van der Waals surface area contributed by atoms with Crippen molar-refractivity contribution in [3.8, 4) is 23.0 Å². The lowest BCUT2D eigenvalue weighted by Crippen LogP contribution is -2.60. The average Bonchev–Trinajstić information content (AvgIpc) is 2.98. The lowest BCUT2D eigenvalue weighted by Gasteiger charge is -2.39. The van der Waals surface area contributed by atoms with Crippen LogP contribution in [0.5, 0.6) is 23.0 Å². The summed E-state index contributed by atoms with van der Waals surface area (Å²) in [5, 5.41) is 89.7. The second-order valence-electron chi connectivity index (χ2n) is 10.2. The number of ketones is 1. The molecule has 15 heteroatoms. The number of aliphatic hydroxyl groups excluding tert-OH is 8. The van der Waals surface area contributed by atoms with Crippen LogP contribution in [-0.2, 0) is 9.47 Å². The van der Waals surface area contributed by atoms with Gasteiger partial charge in [0.2, 0.25) is 12.6 Å². The second kappa shape index (κ2) is 12.3. The van der Waals surface area contributed by atoms with Crippen molar-refractivity contribution in [3.63, 3.8) is 0 Å². The largest absolute Gasteiger partial charge is 0.504 e. The van der Waals surface area contributed by atoms with Crippen molar-refractivity contribution in [1.29, 1.82) is 0 Å². The van der Waals surface area contributed by atoms with Crippen molar-refractivity contribution < 1.29 is 74.4 Å². The zero-order valence-electron chi connectivity index (χ0n) is 21.9. The highest BCUT2D eigenvalue weighted by Gasteiger charge is 2.46. The molecule has 11 atom stereocenters. The van der Waals surface area contributed by atoms with E-state index in [2.05, 4.69) is 0 Å². The van der Waals surface area contributed by atoms with Crippen molar-refractivity contribution in [1.82, 2.24) is 0 Å². The van der Waals surface area contributed by atoms with Gasteiger partial charge in [0.15, 0.2) is 17.3 Å². The van der Waals surface area contributed by atoms with E-state index in [9.17, 15) is 50.8 Å². The van der Waals surface area contributed by atoms with Gasteiger partial charge < -0.3 is 69.6 Å². The number of hydrogen-bond acceptors (Lipinski definition) is 15. The Morgan fingerprint density at radius 3 is 1.93 bits per heavy atom. The van der Waals surface area contributed by atoms with Crippen LogP contribution >= 0.6 is 0 Å². The first-order valence-corrected chi connectivity index (χ1v) is 13.1. The fourth-order valence-corrected chi connectivity index (χ4v) is 4.98. The zero-order valence-corrected chi connectivity index (χ0v) is 21.9. The molecule has 5 rings (SSSR count). The maximum Gasteiger partial charge on any atom is 0.229 e. The number of phenolic OH excluding ortho intramolecular Hbond substituents is 1. The molecule has 3 aliphatic rings. The van der Waals surface area contributed by atoms with Crippen molar-refractivity contribution in [3.05, 3.63) is 47.5 Å². The quantitative estimate of drug-likeness (QED) is 0.160. The van der Waals surface area contributed by atoms with Crippen LogP contribution in [0, 0.1) is 0 Å². The summed E-state index contributed by atoms with van der Waals surface area (Å²) in [6, 6.07) is 8.32. The molecule has 42 heavy (non-hydrogen) atoms. The van der Waals surface area contributed by atoms with Gasteiger partial charge >= 0.3 is 0 Å². The van der Waals surface area contributed by atoms with Crippen molar-refractivity contribution in [2.24, 2.45) is 0 Å². The van der Waals surface area contributed by atoms with E-state index in [1.165, 1.54) is 36.4 Å². The molecule has 2 aromatic rings. The minimum Gasteiger partial charge on any atom is -0.504 e. The van der Waals surface area contributed by atoms with Crippen LogP contribution in [0.1, 0.15) is 28.4 Å². The fourth-order valence-electron chi connectivity index (χ4n) is 4.98. The van der Waals surface area contributed by atoms with Gasteiger partial charge in [-0.1, -0.05) is 6.07 Å². The van der Waals surface area contributed by atoms with Crippen molar-refractivity contribution in [2.75, 3.05) is 13.2 Å². The number of Topliss-reactive ketones (excluding diaryl/α,β-unsaturated/α-hetero) is 1. The lowest BCUT2D eigenvalue weighted by molar-refractivity contribution is -0.277. The fraction of sp³-hybridized carbons (Fsp3) is 0.519. The average molecular weight is 597 g/mol. The van der Waals surface area contributed by atoms with Gasteiger partial charge in [-0.3, -0.25) is 4.79 Å². The van der Waals surface area contributed by atoms with Crippen LogP contribution in [0.3, 0.4) is 0 Å². The number of phenols is 1. The van der Waals surface area contributed by atoms with Crippen molar-refractivity contribution >= 4 is 5.78 Å². The number of benzene rings is 2. The van der Waals surface area contributed by atoms with Gasteiger partial charge in [-0.05, 0) is 29.8 Å². The topological polar surface area (TPSA) is 245 Å². The number of aliphatic hydroxyl groups is 8. The first kappa shape index (κ1) is 30.4. The third-order valence-electron chi connectivity index (χ3n) is 7.44. The molecular formula is C27H32O15. The smallest absolute Gasteiger partial charge is 0.229 e. The van der Waals surface area contributed by atoms with E-state index < -0.39 is 80.7 Å². The highest BCUT2D eigenvalue weighted by Crippen LogP contribution is 2.40. The second-order valence-corrected chi connectivity index (χ2v) is 10.2. The molecule has 0 unspecified atom stereocenters. The van der Waals surface area contributed by atoms with E-state index in [0.717, 1.165) is 0 Å². The monoisotopic (exact) mass is 596 g/mol. The predicted molar refractivity (Wildman–Crippen MR) is 136 cm³/mol. The molecule has 0 saturated carbocycles. The SMILES string of the molecule is O=C1C[C@@H](c2ccc(O)c(O[C@@H]3O[C@H](CO)[C@@H](O)[C@H](O)[C@H]3O)c2)Oc2cc(O[C@H]3O[C@@H](CO)[C@H](O)[C@@H](O)[C@@H]3O)ccc21. The van der Waals surface area contributed by atoms with E-state index in [4.69, 9.17) is 23.7 Å². The van der Waals surface area contributed by atoms with Gasteiger partial charge in [0.25, 0.3) is 0 Å². The highest BCUT2D eigenvalue weighted by molar-refractivity contribution is 6.00. The molecule has 3 aliphatic heterocycles. The highest BCUT2D eigenvalue weighted by atomic mass is 16.7. The Morgan fingerprint density at radius 2 is 1.33 bits per heavy atom. The summed E-state index contributed by atoms with van der Waals surface area (Å²) >= 11 is 0. The van der Waals surface area contributed by atoms with Gasteiger partial charge in [0, 0.05) is 6.07 Å². The normalized spacial score (nSPS) is 36.6. The Balaban J connectivity index is 1.33. The zero-order chi connectivity index (χ0) is 30.3. The van der Waals surface area contributed by atoms with Gasteiger partial charge in [-0.25, -0.2) is 0 Å². The molecule has 15 nitrogen and oxygen atoms in total. The summed E-state index contributed by atoms with van der Waals surface area (Å²) in [4.78, 5) is 12.9. The van der Waals surface area contributed by atoms with Crippen LogP contribution < -0.4 is 14.2 Å². The predicted octanol–water partition coefficient (Wildman–Crippen LogP) is -2.54. The summed E-state index contributed by atoms with van der Waals surface area (Å²) in [6.07, 6.45) is -16.2. The molecule has 3 heterocycles. The Bertz CT molecular complexity index is 1270. The number of ether oxygens (including phenoxy) is 5. The van der Waals surface area contributed by atoms with Crippen LogP contribution in [0.4, 0.5) is 0 Å². The molecule has 2 aromatic carbocycles. The summed E-state index contributed by atoms with van der Waals surface area (Å²) in [7, 11) is 0. The number of fused-ring (bicyclic) bond motifs is 1. The lowest BCUT2D eigenvalue weighted by atomic mass is 9.96. The van der Waals surface area contributed by atoms with E-state index in [-0.39, 0.29) is 40.8 Å². The summed E-state index contributed by atoms with van der Waals surface area (Å²) in [5.41, 5.74) is 0.621. The summed E-state index contributed by atoms with van der Waals surface area (Å²) in [5.74, 6) is -0.649. The summed E-state index contributed by atoms with van der Waals surface area (Å²) in [6.45, 7) is -1.31. The molecule has 0 aromatic heterocycles. The minimum atomic E-state index is -1.72. The molecule has 9 N–H and O–H groups in total. The van der Waals surface area contributed by atoms with E-state index in [1.54, 1.807) is 0 Å². The Hall–Kier alpha value is -3.09. The van der Waals surface area contributed by atoms with Crippen LogP contribution in [0.2, 0.25) is 0 Å². The maximum atomic E-state index is 12.9. The number of aromatic hydroxyl groups is 1. The number of carbonyl (C=O) groups is 1. The van der Waals surface area contributed by atoms with Gasteiger partial charge in [-0.15, -0.1) is 0 Å². The van der Waals surface area contributed by atoms with E-state index in [1.807, 2.05) is 0 Å². The molecule has 2 fully saturated rings. The third-order valence-corrected chi connectivity index (χ3v) is 7.44. The standard InChI is InChI=1S/C27H32O15/c28-8-18-20(32)22(34)24(36)26(41-18)38-11-2-3-12-14(31)7-15(39-16(12)6-11)10-1-4-13(30)17(5-10)40-27-25(37)23(35)21(33)19(9-29)42-27/h1-6,15,18-30,32-37H,7-9H2/t15-,18-,19+,20-,21+,22+,23-,24-,25+,26-,27+/m0/s1. The first-order valence-electron chi connectivity index (χ1n) is 13.1. The van der Waals surface area contributed by atoms with Crippen molar-refractivity contribution in [2.45, 2.75) is 73.9 Å². The minimum absolute atomic E-state index is 0.0869. The van der Waals surface area contributed by atoms with Crippen LogP contribution in [0.15, 0.2) is 36.4 Å². The number of rotatable bonds is 7.